The Labute approximate surface area is 98.3 Å². The number of aromatic nitrogens is 4. The van der Waals surface area contributed by atoms with E-state index in [9.17, 15) is 4.79 Å². The maximum Gasteiger partial charge on any atom is 0.267 e. The highest BCUT2D eigenvalue weighted by Crippen LogP contribution is 2.10. The van der Waals surface area contributed by atoms with Crippen LogP contribution in [0.1, 0.15) is 37.0 Å². The molecule has 0 aliphatic rings. The Bertz CT molecular complexity index is 571. The fraction of sp³-hybridized carbons (Fsp3) is 0.455. The molecular weight excluding hydrogens is 220 g/mol. The summed E-state index contributed by atoms with van der Waals surface area (Å²) in [5.41, 5.74) is 0.670. The van der Waals surface area contributed by atoms with E-state index < -0.39 is 0 Å². The van der Waals surface area contributed by atoms with E-state index in [0.29, 0.717) is 11.7 Å². The zero-order valence-electron chi connectivity index (χ0n) is 10.0. The summed E-state index contributed by atoms with van der Waals surface area (Å²) in [6.45, 7) is 5.99. The zero-order chi connectivity index (χ0) is 12.4. The zero-order valence-corrected chi connectivity index (χ0v) is 10.0. The molecule has 0 amide bonds. The van der Waals surface area contributed by atoms with Gasteiger partial charge in [-0.2, -0.15) is 10.1 Å². The third-order valence-electron chi connectivity index (χ3n) is 2.28. The lowest BCUT2D eigenvalue weighted by atomic mass is 10.2. The van der Waals surface area contributed by atoms with Crippen LogP contribution in [0.5, 0.6) is 0 Å². The van der Waals surface area contributed by atoms with Crippen LogP contribution in [0.25, 0.3) is 0 Å². The lowest BCUT2D eigenvalue weighted by Gasteiger charge is -2.00. The molecular formula is C11H14N4O2. The molecule has 0 saturated heterocycles. The van der Waals surface area contributed by atoms with Crippen molar-refractivity contribution >= 4 is 0 Å². The summed E-state index contributed by atoms with van der Waals surface area (Å²) in [6, 6.07) is 1.52. The molecule has 2 heterocycles. The van der Waals surface area contributed by atoms with E-state index in [0.717, 1.165) is 5.56 Å². The van der Waals surface area contributed by atoms with Gasteiger partial charge in [0.2, 0.25) is 5.89 Å². The quantitative estimate of drug-likeness (QED) is 0.795. The van der Waals surface area contributed by atoms with Crippen LogP contribution in [0.2, 0.25) is 0 Å². The van der Waals surface area contributed by atoms with Crippen molar-refractivity contribution in [1.29, 1.82) is 0 Å². The molecule has 0 saturated carbocycles. The van der Waals surface area contributed by atoms with Gasteiger partial charge in [0.05, 0.1) is 6.20 Å². The number of hydrogen-bond acceptors (Lipinski definition) is 5. The minimum Gasteiger partial charge on any atom is -0.339 e. The van der Waals surface area contributed by atoms with Gasteiger partial charge in [0, 0.05) is 12.0 Å². The van der Waals surface area contributed by atoms with Crippen LogP contribution in [0.4, 0.5) is 0 Å². The Kier molecular flexibility index (Phi) is 3.03. The van der Waals surface area contributed by atoms with Crippen LogP contribution in [0, 0.1) is 6.92 Å². The molecule has 0 atom stereocenters. The molecule has 90 valence electrons. The van der Waals surface area contributed by atoms with Crippen LogP contribution < -0.4 is 5.56 Å². The SMILES string of the molecule is Cc1cnn(Cc2noc(C(C)C)n2)c(=O)c1. The Balaban J connectivity index is 2.22. The molecule has 0 spiro atoms. The van der Waals surface area contributed by atoms with Crippen molar-refractivity contribution in [1.82, 2.24) is 19.9 Å². The normalized spacial score (nSPS) is 11.1. The average Bonchev–Trinajstić information content (AvgIpc) is 2.71. The van der Waals surface area contributed by atoms with Crippen molar-refractivity contribution in [2.45, 2.75) is 33.2 Å². The van der Waals surface area contributed by atoms with Gasteiger partial charge in [0.25, 0.3) is 5.56 Å². The summed E-state index contributed by atoms with van der Waals surface area (Å²) < 4.78 is 6.37. The molecule has 0 fully saturated rings. The Morgan fingerprint density at radius 2 is 2.24 bits per heavy atom. The first kappa shape index (κ1) is 11.5. The summed E-state index contributed by atoms with van der Waals surface area (Å²) in [7, 11) is 0. The third kappa shape index (κ3) is 2.58. The topological polar surface area (TPSA) is 73.8 Å². The van der Waals surface area contributed by atoms with Crippen LogP contribution in [0.3, 0.4) is 0 Å². The third-order valence-corrected chi connectivity index (χ3v) is 2.28. The maximum absolute atomic E-state index is 11.6. The molecule has 0 aromatic carbocycles. The van der Waals surface area contributed by atoms with Crippen molar-refractivity contribution in [2.75, 3.05) is 0 Å². The van der Waals surface area contributed by atoms with Crippen LogP contribution in [0.15, 0.2) is 21.6 Å². The minimum absolute atomic E-state index is 0.166. The van der Waals surface area contributed by atoms with Gasteiger partial charge in [-0.1, -0.05) is 19.0 Å². The Hall–Kier alpha value is -1.98. The van der Waals surface area contributed by atoms with E-state index in [1.807, 2.05) is 20.8 Å². The number of aryl methyl sites for hydroxylation is 1. The molecule has 2 aromatic heterocycles. The second-order valence-corrected chi connectivity index (χ2v) is 4.23. The molecule has 0 aliphatic heterocycles. The Morgan fingerprint density at radius 3 is 2.82 bits per heavy atom. The molecule has 0 bridgehead atoms. The first-order valence-corrected chi connectivity index (χ1v) is 5.42. The maximum atomic E-state index is 11.6. The van der Waals surface area contributed by atoms with Crippen molar-refractivity contribution in [2.24, 2.45) is 0 Å². The van der Waals surface area contributed by atoms with E-state index in [1.165, 1.54) is 10.7 Å². The van der Waals surface area contributed by atoms with E-state index in [-0.39, 0.29) is 18.0 Å². The molecule has 6 heteroatoms. The summed E-state index contributed by atoms with van der Waals surface area (Å²) in [4.78, 5) is 15.8. The van der Waals surface area contributed by atoms with E-state index >= 15 is 0 Å². The fourth-order valence-corrected chi connectivity index (χ4v) is 1.34. The fourth-order valence-electron chi connectivity index (χ4n) is 1.34. The highest BCUT2D eigenvalue weighted by molar-refractivity contribution is 5.03. The van der Waals surface area contributed by atoms with Crippen molar-refractivity contribution < 1.29 is 4.52 Å². The molecule has 0 radical (unpaired) electrons. The average molecular weight is 234 g/mol. The van der Waals surface area contributed by atoms with E-state index in [4.69, 9.17) is 4.52 Å². The van der Waals surface area contributed by atoms with Crippen molar-refractivity contribution in [3.05, 3.63) is 39.9 Å². The van der Waals surface area contributed by atoms with Crippen molar-refractivity contribution in [3.63, 3.8) is 0 Å². The summed E-state index contributed by atoms with van der Waals surface area (Å²) >= 11 is 0. The standard InChI is InChI=1S/C11H14N4O2/c1-7(2)11-13-9(14-17-11)6-15-10(16)4-8(3)5-12-15/h4-5,7H,6H2,1-3H3. The molecule has 0 N–H and O–H groups in total. The van der Waals surface area contributed by atoms with Crippen LogP contribution in [-0.2, 0) is 6.54 Å². The van der Waals surface area contributed by atoms with Crippen LogP contribution >= 0.6 is 0 Å². The highest BCUT2D eigenvalue weighted by atomic mass is 16.5. The second-order valence-electron chi connectivity index (χ2n) is 4.23. The van der Waals surface area contributed by atoms with Gasteiger partial charge in [-0.25, -0.2) is 4.68 Å². The molecule has 6 nitrogen and oxygen atoms in total. The first-order valence-electron chi connectivity index (χ1n) is 5.42. The van der Waals surface area contributed by atoms with E-state index in [1.54, 1.807) is 6.20 Å². The van der Waals surface area contributed by atoms with Gasteiger partial charge in [-0.3, -0.25) is 4.79 Å². The number of hydrogen-bond donors (Lipinski definition) is 0. The summed E-state index contributed by atoms with van der Waals surface area (Å²) in [6.07, 6.45) is 1.63. The molecule has 2 aromatic rings. The first-order chi connectivity index (χ1) is 8.06. The number of rotatable bonds is 3. The number of nitrogens with zero attached hydrogens (tertiary/aromatic N) is 4. The van der Waals surface area contributed by atoms with Gasteiger partial charge in [-0.05, 0) is 12.5 Å². The van der Waals surface area contributed by atoms with E-state index in [2.05, 4.69) is 15.2 Å². The molecule has 17 heavy (non-hydrogen) atoms. The lowest BCUT2D eigenvalue weighted by molar-refractivity contribution is 0.359. The smallest absolute Gasteiger partial charge is 0.267 e. The Morgan fingerprint density at radius 1 is 1.47 bits per heavy atom. The molecule has 0 unspecified atom stereocenters. The lowest BCUT2D eigenvalue weighted by Crippen LogP contribution is -2.23. The van der Waals surface area contributed by atoms with Gasteiger partial charge < -0.3 is 4.52 Å². The largest absolute Gasteiger partial charge is 0.339 e. The summed E-state index contributed by atoms with van der Waals surface area (Å²) in [5, 5.41) is 7.82. The monoisotopic (exact) mass is 234 g/mol. The van der Waals surface area contributed by atoms with Gasteiger partial charge >= 0.3 is 0 Å². The van der Waals surface area contributed by atoms with Crippen LogP contribution in [-0.4, -0.2) is 19.9 Å². The minimum atomic E-state index is -0.166. The molecule has 0 aliphatic carbocycles. The summed E-state index contributed by atoms with van der Waals surface area (Å²) in [5.74, 6) is 1.21. The van der Waals surface area contributed by atoms with Gasteiger partial charge in [0.15, 0.2) is 5.82 Å². The van der Waals surface area contributed by atoms with Gasteiger partial charge in [0.1, 0.15) is 6.54 Å². The highest BCUT2D eigenvalue weighted by Gasteiger charge is 2.10. The predicted octanol–water partition coefficient (Wildman–Crippen LogP) is 1.11. The van der Waals surface area contributed by atoms with Gasteiger partial charge in [-0.15, -0.1) is 0 Å². The van der Waals surface area contributed by atoms with Crippen molar-refractivity contribution in [3.8, 4) is 0 Å². The predicted molar refractivity (Wildman–Crippen MR) is 60.7 cm³/mol. The second kappa shape index (κ2) is 4.48. The molecule has 2 rings (SSSR count).